The maximum absolute atomic E-state index is 11.4. The van der Waals surface area contributed by atoms with Crippen molar-refractivity contribution in [3.05, 3.63) is 59.7 Å². The third-order valence-electron chi connectivity index (χ3n) is 6.41. The number of nitriles is 2. The molecule has 4 rings (SSSR count). The van der Waals surface area contributed by atoms with Gasteiger partial charge in [-0.2, -0.15) is 10.5 Å². The molecule has 31 heavy (non-hydrogen) atoms. The third kappa shape index (κ3) is 6.03. The highest BCUT2D eigenvalue weighted by atomic mass is 16.1. The van der Waals surface area contributed by atoms with Gasteiger partial charge in [0.2, 0.25) is 0 Å². The Morgan fingerprint density at radius 1 is 1.06 bits per heavy atom. The second-order valence-electron chi connectivity index (χ2n) is 8.69. The second-order valence-corrected chi connectivity index (χ2v) is 8.69. The van der Waals surface area contributed by atoms with Gasteiger partial charge in [-0.1, -0.05) is 49.7 Å². The first kappa shape index (κ1) is 22.7. The van der Waals surface area contributed by atoms with Crippen LogP contribution in [0.4, 0.5) is 0 Å². The van der Waals surface area contributed by atoms with E-state index in [4.69, 9.17) is 10.5 Å². The first-order valence-corrected chi connectivity index (χ1v) is 11.3. The van der Waals surface area contributed by atoms with Gasteiger partial charge in [-0.3, -0.25) is 4.79 Å². The van der Waals surface area contributed by atoms with Gasteiger partial charge in [-0.05, 0) is 67.3 Å². The molecule has 2 fully saturated rings. The number of rotatable bonds is 5. The van der Waals surface area contributed by atoms with Crippen molar-refractivity contribution < 1.29 is 4.79 Å². The zero-order valence-electron chi connectivity index (χ0n) is 18.5. The molecule has 4 heteroatoms. The van der Waals surface area contributed by atoms with E-state index < -0.39 is 0 Å². The Morgan fingerprint density at radius 2 is 1.71 bits per heavy atom. The number of nitrogens with one attached hydrogen (secondary N) is 1. The van der Waals surface area contributed by atoms with E-state index >= 15 is 0 Å². The van der Waals surface area contributed by atoms with Crippen LogP contribution in [0.25, 0.3) is 11.1 Å². The Hall–Kier alpha value is -2.95. The van der Waals surface area contributed by atoms with Crippen LogP contribution in [0, 0.1) is 34.5 Å². The highest BCUT2D eigenvalue weighted by Gasteiger charge is 2.38. The van der Waals surface area contributed by atoms with Gasteiger partial charge in [0, 0.05) is 18.4 Å². The lowest BCUT2D eigenvalue weighted by molar-refractivity contribution is -0.120. The molecule has 4 atom stereocenters. The summed E-state index contributed by atoms with van der Waals surface area (Å²) in [4.78, 5) is 11.4. The Bertz CT molecular complexity index is 938. The maximum atomic E-state index is 11.4. The molecule has 0 spiro atoms. The standard InChI is InChI=1S/C17H14N2.C10H17NO/c1-13(11-18)10-14-2-6-16(7-3-14)17-8-4-15(12-19)5-9-17;1-2-10(12)9-6-7-4-3-5-8(7)11-9/h2-9,13H,10H2,1H3;7-9,11H,2-6H2,1H3. The minimum atomic E-state index is 0.0424. The molecule has 4 unspecified atom stereocenters. The van der Waals surface area contributed by atoms with Crippen molar-refractivity contribution in [3.63, 3.8) is 0 Å². The summed E-state index contributed by atoms with van der Waals surface area (Å²) in [5.74, 6) is 1.26. The van der Waals surface area contributed by atoms with E-state index in [0.717, 1.165) is 29.9 Å². The SMILES string of the molecule is CC(C#N)Cc1ccc(-c2ccc(C#N)cc2)cc1.CCC(=O)C1CC2CCCC2N1. The molecule has 1 aliphatic heterocycles. The predicted octanol–water partition coefficient (Wildman–Crippen LogP) is 5.42. The van der Waals surface area contributed by atoms with Crippen LogP contribution in [-0.4, -0.2) is 17.9 Å². The van der Waals surface area contributed by atoms with Gasteiger partial charge in [-0.25, -0.2) is 0 Å². The summed E-state index contributed by atoms with van der Waals surface area (Å²) in [7, 11) is 0. The number of fused-ring (bicyclic) bond motifs is 1. The van der Waals surface area contributed by atoms with Crippen LogP contribution < -0.4 is 5.32 Å². The highest BCUT2D eigenvalue weighted by molar-refractivity contribution is 5.84. The van der Waals surface area contributed by atoms with Crippen LogP contribution >= 0.6 is 0 Å². The Labute approximate surface area is 185 Å². The molecule has 2 aliphatic rings. The van der Waals surface area contributed by atoms with Gasteiger partial charge in [0.05, 0.1) is 23.7 Å². The van der Waals surface area contributed by atoms with Crippen molar-refractivity contribution in [2.45, 2.75) is 64.5 Å². The molecule has 0 bridgehead atoms. The van der Waals surface area contributed by atoms with Crippen molar-refractivity contribution in [2.24, 2.45) is 11.8 Å². The molecule has 0 aromatic heterocycles. The summed E-state index contributed by atoms with van der Waals surface area (Å²) in [6.07, 6.45) is 6.57. The number of Topliss-reactive ketones (excluding diaryl/α,β-unsaturated/α-hetero) is 1. The van der Waals surface area contributed by atoms with Crippen LogP contribution in [0.2, 0.25) is 0 Å². The van der Waals surface area contributed by atoms with E-state index in [-0.39, 0.29) is 12.0 Å². The van der Waals surface area contributed by atoms with Crippen LogP contribution in [0.3, 0.4) is 0 Å². The predicted molar refractivity (Wildman–Crippen MR) is 123 cm³/mol. The molecule has 0 radical (unpaired) electrons. The Morgan fingerprint density at radius 3 is 2.26 bits per heavy atom. The zero-order chi connectivity index (χ0) is 22.2. The molecule has 1 N–H and O–H groups in total. The van der Waals surface area contributed by atoms with Crippen molar-refractivity contribution in [1.82, 2.24) is 5.32 Å². The van der Waals surface area contributed by atoms with E-state index in [2.05, 4.69) is 41.7 Å². The number of ketones is 1. The van der Waals surface area contributed by atoms with E-state index in [0.29, 0.717) is 23.8 Å². The van der Waals surface area contributed by atoms with Crippen LogP contribution in [0.1, 0.15) is 57.1 Å². The summed E-state index contributed by atoms with van der Waals surface area (Å²) in [6, 6.07) is 21.0. The molecular formula is C27H31N3O. The first-order chi connectivity index (χ1) is 15.0. The number of carbonyl (C=O) groups is 1. The maximum Gasteiger partial charge on any atom is 0.149 e. The van der Waals surface area contributed by atoms with E-state index in [1.165, 1.54) is 24.8 Å². The van der Waals surface area contributed by atoms with Gasteiger partial charge in [0.25, 0.3) is 0 Å². The van der Waals surface area contributed by atoms with Gasteiger partial charge in [0.15, 0.2) is 0 Å². The van der Waals surface area contributed by atoms with Gasteiger partial charge in [0.1, 0.15) is 5.78 Å². The zero-order valence-corrected chi connectivity index (χ0v) is 18.5. The molecule has 160 valence electrons. The minimum absolute atomic E-state index is 0.0424. The lowest BCUT2D eigenvalue weighted by atomic mass is 9.98. The Kier molecular flexibility index (Phi) is 7.99. The smallest absolute Gasteiger partial charge is 0.149 e. The van der Waals surface area contributed by atoms with Crippen molar-refractivity contribution in [1.29, 1.82) is 10.5 Å². The highest BCUT2D eigenvalue weighted by Crippen LogP contribution is 2.35. The number of hydrogen-bond donors (Lipinski definition) is 1. The molecule has 1 saturated carbocycles. The number of hydrogen-bond acceptors (Lipinski definition) is 4. The molecule has 1 heterocycles. The average molecular weight is 414 g/mol. The minimum Gasteiger partial charge on any atom is -0.304 e. The summed E-state index contributed by atoms with van der Waals surface area (Å²) in [5, 5.41) is 21.0. The van der Waals surface area contributed by atoms with E-state index in [1.54, 1.807) is 0 Å². The molecule has 0 amide bonds. The van der Waals surface area contributed by atoms with Crippen LogP contribution in [0.15, 0.2) is 48.5 Å². The molecule has 1 aliphatic carbocycles. The molecule has 4 nitrogen and oxygen atoms in total. The number of carbonyl (C=O) groups excluding carboxylic acids is 1. The largest absolute Gasteiger partial charge is 0.304 e. The molecule has 1 saturated heterocycles. The van der Waals surface area contributed by atoms with Crippen molar-refractivity contribution in [3.8, 4) is 23.3 Å². The lowest BCUT2D eigenvalue weighted by Gasteiger charge is -2.09. The van der Waals surface area contributed by atoms with E-state index in [1.807, 2.05) is 38.1 Å². The third-order valence-corrected chi connectivity index (χ3v) is 6.41. The summed E-state index contributed by atoms with van der Waals surface area (Å²) >= 11 is 0. The first-order valence-electron chi connectivity index (χ1n) is 11.3. The van der Waals surface area contributed by atoms with Gasteiger partial charge < -0.3 is 5.32 Å². The monoisotopic (exact) mass is 413 g/mol. The summed E-state index contributed by atoms with van der Waals surface area (Å²) < 4.78 is 0. The number of benzene rings is 2. The van der Waals surface area contributed by atoms with Crippen LogP contribution in [0.5, 0.6) is 0 Å². The van der Waals surface area contributed by atoms with Crippen LogP contribution in [-0.2, 0) is 11.2 Å². The molecule has 2 aromatic rings. The van der Waals surface area contributed by atoms with Gasteiger partial charge >= 0.3 is 0 Å². The molecular weight excluding hydrogens is 382 g/mol. The summed E-state index contributed by atoms with van der Waals surface area (Å²) in [6.45, 7) is 3.88. The molecule has 2 aromatic carbocycles. The number of nitrogens with zero attached hydrogens (tertiary/aromatic N) is 2. The summed E-state index contributed by atoms with van der Waals surface area (Å²) in [5.41, 5.74) is 4.06. The lowest BCUT2D eigenvalue weighted by Crippen LogP contribution is -2.34. The quantitative estimate of drug-likeness (QED) is 0.710. The fraction of sp³-hybridized carbons (Fsp3) is 0.444. The van der Waals surface area contributed by atoms with Crippen molar-refractivity contribution >= 4 is 5.78 Å². The Balaban J connectivity index is 0.000000194. The fourth-order valence-electron chi connectivity index (χ4n) is 4.61. The second kappa shape index (κ2) is 10.9. The van der Waals surface area contributed by atoms with Crippen molar-refractivity contribution in [2.75, 3.05) is 0 Å². The van der Waals surface area contributed by atoms with E-state index in [9.17, 15) is 4.79 Å². The fourth-order valence-corrected chi connectivity index (χ4v) is 4.61. The normalized spacial score (nSPS) is 22.4. The van der Waals surface area contributed by atoms with Gasteiger partial charge in [-0.15, -0.1) is 0 Å². The topological polar surface area (TPSA) is 76.7 Å². The average Bonchev–Trinajstić information content (AvgIpc) is 3.42.